The highest BCUT2D eigenvalue weighted by molar-refractivity contribution is 7.89. The van der Waals surface area contributed by atoms with Crippen molar-refractivity contribution in [1.29, 1.82) is 0 Å². The Bertz CT molecular complexity index is 1730. The van der Waals surface area contributed by atoms with Gasteiger partial charge in [0.25, 0.3) is 0 Å². The van der Waals surface area contributed by atoms with Crippen LogP contribution in [0.3, 0.4) is 0 Å². The fraction of sp³-hybridized carbons (Fsp3) is 0.286. The Morgan fingerprint density at radius 1 is 1.13 bits per heavy atom. The summed E-state index contributed by atoms with van der Waals surface area (Å²) in [6.07, 6.45) is 1.19. The molecule has 0 aliphatic rings. The number of benzene rings is 2. The Hall–Kier alpha value is -3.36. The van der Waals surface area contributed by atoms with Gasteiger partial charge in [0.05, 0.1) is 33.7 Å². The van der Waals surface area contributed by atoms with Crippen molar-refractivity contribution in [1.82, 2.24) is 14.8 Å². The third kappa shape index (κ3) is 6.81. The van der Waals surface area contributed by atoms with E-state index in [2.05, 4.69) is 21.9 Å². The van der Waals surface area contributed by atoms with Crippen molar-refractivity contribution in [3.05, 3.63) is 81.8 Å². The molecule has 11 heteroatoms. The van der Waals surface area contributed by atoms with Crippen LogP contribution >= 0.6 is 11.6 Å². The third-order valence-corrected chi connectivity index (χ3v) is 6.96. The van der Waals surface area contributed by atoms with Crippen LogP contribution in [0.5, 0.6) is 0 Å². The van der Waals surface area contributed by atoms with Crippen molar-refractivity contribution in [2.45, 2.75) is 37.7 Å². The van der Waals surface area contributed by atoms with Gasteiger partial charge in [-0.25, -0.2) is 22.2 Å². The lowest BCUT2D eigenvalue weighted by Crippen LogP contribution is -2.17. The summed E-state index contributed by atoms with van der Waals surface area (Å²) in [7, 11) is -1.72. The standard InChI is InChI=1S/C28H27ClF2N4O3S/c1-28(2,36)10-9-19-5-6-20(26(33-19)23(32)13-16-11-17(30)14-18(31)12-16)21-7-8-22(29)25-24(15-39(4,37)38)34-35(3)27(21)25/h5-8,11-12,14,23,36H,13,15,32H2,1-4H3/t23-/m0/s1. The van der Waals surface area contributed by atoms with Crippen LogP contribution < -0.4 is 5.73 Å². The quantitative estimate of drug-likeness (QED) is 0.330. The monoisotopic (exact) mass is 572 g/mol. The predicted molar refractivity (Wildman–Crippen MR) is 148 cm³/mol. The number of hydrogen-bond acceptors (Lipinski definition) is 6. The SMILES string of the molecule is Cn1nc(CS(C)(=O)=O)c2c(Cl)ccc(-c3ccc(C#CC(C)(C)O)nc3[C@@H](N)Cc3cc(F)cc(F)c3)c21. The first kappa shape index (κ1) is 28.6. The number of nitrogens with zero attached hydrogens (tertiary/aromatic N) is 3. The van der Waals surface area contributed by atoms with E-state index in [0.717, 1.165) is 12.3 Å². The minimum absolute atomic E-state index is 0.0680. The highest BCUT2D eigenvalue weighted by Crippen LogP contribution is 2.38. The van der Waals surface area contributed by atoms with Gasteiger partial charge in [-0.2, -0.15) is 5.10 Å². The van der Waals surface area contributed by atoms with Crippen LogP contribution in [0.1, 0.15) is 42.5 Å². The maximum atomic E-state index is 13.9. The lowest BCUT2D eigenvalue weighted by molar-refractivity contribution is 0.143. The van der Waals surface area contributed by atoms with E-state index in [-0.39, 0.29) is 12.2 Å². The van der Waals surface area contributed by atoms with Crippen LogP contribution in [0.2, 0.25) is 5.02 Å². The first-order valence-corrected chi connectivity index (χ1v) is 14.3. The van der Waals surface area contributed by atoms with Gasteiger partial charge in [-0.05, 0) is 62.1 Å². The zero-order valence-electron chi connectivity index (χ0n) is 21.8. The zero-order chi connectivity index (χ0) is 28.7. The largest absolute Gasteiger partial charge is 0.378 e. The van der Waals surface area contributed by atoms with Gasteiger partial charge in [0.2, 0.25) is 0 Å². The van der Waals surface area contributed by atoms with E-state index < -0.39 is 33.1 Å². The molecule has 204 valence electrons. The van der Waals surface area contributed by atoms with Crippen LogP contribution in [-0.2, 0) is 29.1 Å². The number of halogens is 3. The average molecular weight is 573 g/mol. The average Bonchev–Trinajstić information content (AvgIpc) is 3.12. The number of pyridine rings is 1. The number of aromatic nitrogens is 3. The fourth-order valence-electron chi connectivity index (χ4n) is 4.38. The zero-order valence-corrected chi connectivity index (χ0v) is 23.3. The second-order valence-corrected chi connectivity index (χ2v) is 12.5. The Kier molecular flexibility index (Phi) is 7.83. The molecule has 0 spiro atoms. The third-order valence-electron chi connectivity index (χ3n) is 5.85. The molecule has 0 unspecified atom stereocenters. The van der Waals surface area contributed by atoms with Crippen LogP contribution in [0, 0.1) is 23.5 Å². The van der Waals surface area contributed by atoms with Gasteiger partial charge in [0.15, 0.2) is 9.84 Å². The topological polar surface area (TPSA) is 111 Å². The van der Waals surface area contributed by atoms with Gasteiger partial charge >= 0.3 is 0 Å². The second kappa shape index (κ2) is 10.7. The smallest absolute Gasteiger partial charge is 0.153 e. The summed E-state index contributed by atoms with van der Waals surface area (Å²) in [6.45, 7) is 3.08. The normalized spacial score (nSPS) is 12.8. The van der Waals surface area contributed by atoms with Gasteiger partial charge in [-0.3, -0.25) is 4.68 Å². The van der Waals surface area contributed by atoms with E-state index >= 15 is 0 Å². The lowest BCUT2D eigenvalue weighted by atomic mass is 9.94. The molecule has 0 fully saturated rings. The summed E-state index contributed by atoms with van der Waals surface area (Å²) in [4.78, 5) is 4.66. The van der Waals surface area contributed by atoms with Gasteiger partial charge < -0.3 is 10.8 Å². The Morgan fingerprint density at radius 2 is 1.77 bits per heavy atom. The van der Waals surface area contributed by atoms with Crippen molar-refractivity contribution < 1.29 is 22.3 Å². The number of fused-ring (bicyclic) bond motifs is 1. The molecule has 0 radical (unpaired) electrons. The van der Waals surface area contributed by atoms with E-state index in [1.165, 1.54) is 12.1 Å². The number of sulfone groups is 1. The minimum Gasteiger partial charge on any atom is -0.378 e. The summed E-state index contributed by atoms with van der Waals surface area (Å²) < 4.78 is 53.4. The van der Waals surface area contributed by atoms with Gasteiger partial charge in [0, 0.05) is 35.9 Å². The molecule has 0 amide bonds. The van der Waals surface area contributed by atoms with E-state index in [9.17, 15) is 22.3 Å². The summed E-state index contributed by atoms with van der Waals surface area (Å²) in [5.74, 6) is 3.81. The van der Waals surface area contributed by atoms with Crippen molar-refractivity contribution in [3.63, 3.8) is 0 Å². The second-order valence-electron chi connectivity index (χ2n) is 9.99. The molecular formula is C28H27ClF2N4O3S. The first-order chi connectivity index (χ1) is 18.1. The number of hydrogen-bond donors (Lipinski definition) is 2. The number of aryl methyl sites for hydroxylation is 1. The van der Waals surface area contributed by atoms with E-state index in [1.54, 1.807) is 49.8 Å². The Morgan fingerprint density at radius 3 is 2.38 bits per heavy atom. The van der Waals surface area contributed by atoms with E-state index in [4.69, 9.17) is 17.3 Å². The maximum absolute atomic E-state index is 13.9. The molecule has 0 aliphatic carbocycles. The van der Waals surface area contributed by atoms with Crippen LogP contribution in [0.25, 0.3) is 22.0 Å². The molecule has 0 bridgehead atoms. The Labute approximate surface area is 230 Å². The molecule has 0 saturated carbocycles. The van der Waals surface area contributed by atoms with Gasteiger partial charge in [-0.15, -0.1) is 0 Å². The number of aliphatic hydroxyl groups is 1. The molecule has 0 saturated heterocycles. The molecule has 0 aliphatic heterocycles. The minimum atomic E-state index is -3.40. The molecule has 4 aromatic rings. The van der Waals surface area contributed by atoms with Crippen molar-refractivity contribution in [3.8, 4) is 23.0 Å². The van der Waals surface area contributed by atoms with Gasteiger partial charge in [0.1, 0.15) is 22.9 Å². The van der Waals surface area contributed by atoms with Crippen LogP contribution in [0.15, 0.2) is 42.5 Å². The summed E-state index contributed by atoms with van der Waals surface area (Å²) in [6, 6.07) is 9.22. The molecule has 39 heavy (non-hydrogen) atoms. The molecule has 1 atom stereocenters. The fourth-order valence-corrected chi connectivity index (χ4v) is 5.34. The molecule has 7 nitrogen and oxygen atoms in total. The lowest BCUT2D eigenvalue weighted by Gasteiger charge is -2.18. The Balaban J connectivity index is 1.93. The number of nitrogens with two attached hydrogens (primary N) is 1. The summed E-state index contributed by atoms with van der Waals surface area (Å²) in [5.41, 5.74) is 8.50. The molecular weight excluding hydrogens is 546 g/mol. The molecule has 4 rings (SSSR count). The summed E-state index contributed by atoms with van der Waals surface area (Å²) >= 11 is 6.51. The maximum Gasteiger partial charge on any atom is 0.153 e. The van der Waals surface area contributed by atoms with Crippen molar-refractivity contribution >= 4 is 32.3 Å². The van der Waals surface area contributed by atoms with Crippen LogP contribution in [-0.4, -0.2) is 40.1 Å². The van der Waals surface area contributed by atoms with Gasteiger partial charge in [-0.1, -0.05) is 23.6 Å². The highest BCUT2D eigenvalue weighted by Gasteiger charge is 2.23. The van der Waals surface area contributed by atoms with Crippen molar-refractivity contribution in [2.75, 3.05) is 6.26 Å². The molecule has 2 aromatic heterocycles. The molecule has 2 heterocycles. The summed E-state index contributed by atoms with van der Waals surface area (Å²) in [5, 5.41) is 15.3. The number of rotatable bonds is 6. The van der Waals surface area contributed by atoms with Crippen LogP contribution in [0.4, 0.5) is 8.78 Å². The van der Waals surface area contributed by atoms with E-state index in [0.29, 0.717) is 49.7 Å². The first-order valence-electron chi connectivity index (χ1n) is 11.9. The molecule has 3 N–H and O–H groups in total. The van der Waals surface area contributed by atoms with Crippen molar-refractivity contribution in [2.24, 2.45) is 12.8 Å². The molecule has 2 aromatic carbocycles. The predicted octanol–water partition coefficient (Wildman–Crippen LogP) is 4.48. The van der Waals surface area contributed by atoms with E-state index in [1.807, 2.05) is 0 Å². The highest BCUT2D eigenvalue weighted by atomic mass is 35.5.